The summed E-state index contributed by atoms with van der Waals surface area (Å²) in [5, 5.41) is 8.83. The minimum atomic E-state index is 0.541. The first kappa shape index (κ1) is 19.1. The van der Waals surface area contributed by atoms with Crippen molar-refractivity contribution in [1.82, 2.24) is 20.2 Å². The zero-order chi connectivity index (χ0) is 17.7. The van der Waals surface area contributed by atoms with E-state index in [-0.39, 0.29) is 0 Å². The smallest absolute Gasteiger partial charge is 0.191 e. The third kappa shape index (κ3) is 5.13. The second-order valence-corrected chi connectivity index (χ2v) is 7.90. The van der Waals surface area contributed by atoms with Gasteiger partial charge in [0.1, 0.15) is 5.15 Å². The first-order valence-corrected chi connectivity index (χ1v) is 9.35. The summed E-state index contributed by atoms with van der Waals surface area (Å²) in [6.07, 6.45) is 2.95. The average molecular weight is 388 g/mol. The molecule has 0 aliphatic carbocycles. The Morgan fingerprint density at radius 2 is 2.04 bits per heavy atom. The van der Waals surface area contributed by atoms with Gasteiger partial charge in [0, 0.05) is 37.3 Å². The number of aliphatic imine (C=N–C) groups is 1. The molecule has 0 atom stereocenters. The summed E-state index contributed by atoms with van der Waals surface area (Å²) >= 11 is 13.9. The lowest BCUT2D eigenvalue weighted by Crippen LogP contribution is -2.36. The van der Waals surface area contributed by atoms with Crippen LogP contribution in [-0.2, 0) is 26.6 Å². The van der Waals surface area contributed by atoms with E-state index in [0.29, 0.717) is 29.2 Å². The van der Waals surface area contributed by atoms with E-state index in [2.05, 4.69) is 34.5 Å². The molecule has 0 amide bonds. The number of aromatic nitrogens is 2. The van der Waals surface area contributed by atoms with Gasteiger partial charge in [0.25, 0.3) is 0 Å². The molecule has 0 aromatic carbocycles. The Bertz CT molecular complexity index is 705. The minimum absolute atomic E-state index is 0.541. The van der Waals surface area contributed by atoms with Crippen LogP contribution in [0, 0.1) is 5.92 Å². The van der Waals surface area contributed by atoms with E-state index in [0.717, 1.165) is 18.1 Å². The van der Waals surface area contributed by atoms with Crippen molar-refractivity contribution < 1.29 is 0 Å². The first-order valence-electron chi connectivity index (χ1n) is 7.78. The van der Waals surface area contributed by atoms with E-state index >= 15 is 0 Å². The Labute approximate surface area is 157 Å². The number of nitrogens with one attached hydrogen (secondary N) is 2. The zero-order valence-electron chi connectivity index (χ0n) is 14.4. The van der Waals surface area contributed by atoms with Crippen molar-refractivity contribution in [1.29, 1.82) is 0 Å². The second kappa shape index (κ2) is 8.74. The monoisotopic (exact) mass is 387 g/mol. The number of nitrogens with zero attached hydrogens (tertiary/aromatic N) is 3. The first-order chi connectivity index (χ1) is 11.4. The molecule has 24 heavy (non-hydrogen) atoms. The summed E-state index contributed by atoms with van der Waals surface area (Å²) in [5.41, 5.74) is 0.991. The van der Waals surface area contributed by atoms with E-state index in [1.54, 1.807) is 18.4 Å². The van der Waals surface area contributed by atoms with E-state index < -0.39 is 0 Å². The molecule has 0 unspecified atom stereocenters. The van der Waals surface area contributed by atoms with Gasteiger partial charge in [0.15, 0.2) is 5.96 Å². The summed E-state index contributed by atoms with van der Waals surface area (Å²) in [5.74, 6) is 1.34. The summed E-state index contributed by atoms with van der Waals surface area (Å²) in [7, 11) is 3.63. The fraction of sp³-hybridized carbons (Fsp3) is 0.500. The van der Waals surface area contributed by atoms with Crippen LogP contribution in [0.4, 0.5) is 0 Å². The van der Waals surface area contributed by atoms with Crippen LogP contribution in [-0.4, -0.2) is 22.6 Å². The summed E-state index contributed by atoms with van der Waals surface area (Å²) < 4.78 is 1.85. The molecular weight excluding hydrogens is 365 g/mol. The Morgan fingerprint density at radius 1 is 1.33 bits per heavy atom. The molecule has 2 aromatic heterocycles. The highest BCUT2D eigenvalue weighted by Gasteiger charge is 2.10. The van der Waals surface area contributed by atoms with Gasteiger partial charge in [0.05, 0.1) is 23.1 Å². The lowest BCUT2D eigenvalue weighted by atomic mass is 10.1. The van der Waals surface area contributed by atoms with Gasteiger partial charge >= 0.3 is 0 Å². The topological polar surface area (TPSA) is 54.2 Å². The van der Waals surface area contributed by atoms with Gasteiger partial charge in [-0.05, 0) is 12.0 Å². The van der Waals surface area contributed by atoms with Crippen molar-refractivity contribution in [3.63, 3.8) is 0 Å². The van der Waals surface area contributed by atoms with Gasteiger partial charge in [-0.3, -0.25) is 4.99 Å². The number of hydrogen-bond donors (Lipinski definition) is 2. The Hall–Kier alpha value is -1.24. The van der Waals surface area contributed by atoms with Crippen LogP contribution in [0.3, 0.4) is 0 Å². The van der Waals surface area contributed by atoms with E-state index in [1.165, 1.54) is 9.88 Å². The zero-order valence-corrected chi connectivity index (χ0v) is 16.7. The molecule has 0 aliphatic rings. The van der Waals surface area contributed by atoms with Crippen LogP contribution >= 0.6 is 34.5 Å². The number of halogens is 2. The van der Waals surface area contributed by atoms with Crippen molar-refractivity contribution >= 4 is 40.5 Å². The van der Waals surface area contributed by atoms with E-state index in [4.69, 9.17) is 23.2 Å². The van der Waals surface area contributed by atoms with Gasteiger partial charge in [0.2, 0.25) is 0 Å². The van der Waals surface area contributed by atoms with Crippen LogP contribution in [0.2, 0.25) is 10.2 Å². The van der Waals surface area contributed by atoms with Crippen LogP contribution in [0.25, 0.3) is 0 Å². The van der Waals surface area contributed by atoms with Crippen molar-refractivity contribution in [2.75, 3.05) is 7.05 Å². The molecule has 5 nitrogen and oxygen atoms in total. The molecule has 0 saturated carbocycles. The lowest BCUT2D eigenvalue weighted by Gasteiger charge is -2.11. The van der Waals surface area contributed by atoms with Crippen LogP contribution in [0.1, 0.15) is 29.4 Å². The maximum atomic E-state index is 6.08. The number of thiazole rings is 1. The van der Waals surface area contributed by atoms with Crippen LogP contribution in [0.15, 0.2) is 17.3 Å². The summed E-state index contributed by atoms with van der Waals surface area (Å²) in [6, 6.07) is 1.85. The molecule has 132 valence electrons. The van der Waals surface area contributed by atoms with Crippen molar-refractivity contribution in [2.45, 2.75) is 33.4 Å². The minimum Gasteiger partial charge on any atom is -0.351 e. The molecule has 2 heterocycles. The average Bonchev–Trinajstić information content (AvgIpc) is 3.07. The highest BCUT2D eigenvalue weighted by Crippen LogP contribution is 2.24. The molecule has 0 aliphatic heterocycles. The highest BCUT2D eigenvalue weighted by molar-refractivity contribution is 7.11. The normalized spacial score (nSPS) is 12.0. The second-order valence-electron chi connectivity index (χ2n) is 5.93. The van der Waals surface area contributed by atoms with Crippen molar-refractivity contribution in [3.05, 3.63) is 38.0 Å². The molecule has 2 aromatic rings. The molecular formula is C16H23Cl2N5S. The van der Waals surface area contributed by atoms with Gasteiger partial charge in [-0.25, -0.2) is 4.98 Å². The standard InChI is InChI=1S/C16H23Cl2N5S/c1-10(2)5-14-20-8-12(24-14)9-22-16(19-3)21-7-11-6-13(17)15(18)23(11)4/h6,8,10H,5,7,9H2,1-4H3,(H2,19,21,22). The van der Waals surface area contributed by atoms with E-state index in [9.17, 15) is 0 Å². The molecule has 0 spiro atoms. The maximum Gasteiger partial charge on any atom is 0.191 e. The predicted molar refractivity (Wildman–Crippen MR) is 103 cm³/mol. The van der Waals surface area contributed by atoms with Gasteiger partial charge < -0.3 is 15.2 Å². The fourth-order valence-electron chi connectivity index (χ4n) is 2.20. The van der Waals surface area contributed by atoms with Crippen LogP contribution < -0.4 is 10.6 Å². The molecule has 0 fully saturated rings. The molecule has 0 saturated heterocycles. The molecule has 2 rings (SSSR count). The van der Waals surface area contributed by atoms with Crippen molar-refractivity contribution in [2.24, 2.45) is 18.0 Å². The molecule has 0 radical (unpaired) electrons. The molecule has 8 heteroatoms. The largest absolute Gasteiger partial charge is 0.351 e. The summed E-state index contributed by atoms with van der Waals surface area (Å²) in [6.45, 7) is 5.69. The maximum absolute atomic E-state index is 6.08. The highest BCUT2D eigenvalue weighted by atomic mass is 35.5. The predicted octanol–water partition coefficient (Wildman–Crippen LogP) is 3.85. The number of guanidine groups is 1. The van der Waals surface area contributed by atoms with Gasteiger partial charge in [-0.15, -0.1) is 11.3 Å². The number of hydrogen-bond acceptors (Lipinski definition) is 3. The molecule has 2 N–H and O–H groups in total. The third-order valence-electron chi connectivity index (χ3n) is 3.49. The van der Waals surface area contributed by atoms with Crippen LogP contribution in [0.5, 0.6) is 0 Å². The Kier molecular flexibility index (Phi) is 6.95. The fourth-order valence-corrected chi connectivity index (χ4v) is 3.69. The number of rotatable bonds is 6. The lowest BCUT2D eigenvalue weighted by molar-refractivity contribution is 0.644. The molecule has 0 bridgehead atoms. The van der Waals surface area contributed by atoms with Gasteiger partial charge in [-0.1, -0.05) is 37.0 Å². The quantitative estimate of drug-likeness (QED) is 0.584. The van der Waals surface area contributed by atoms with E-state index in [1.807, 2.05) is 23.9 Å². The van der Waals surface area contributed by atoms with Crippen molar-refractivity contribution in [3.8, 4) is 0 Å². The third-order valence-corrected chi connectivity index (χ3v) is 5.35. The Balaban J connectivity index is 1.86. The summed E-state index contributed by atoms with van der Waals surface area (Å²) in [4.78, 5) is 9.89. The Morgan fingerprint density at radius 3 is 2.62 bits per heavy atom. The SMILES string of the molecule is CN=C(NCc1cnc(CC(C)C)s1)NCc1cc(Cl)c(Cl)n1C. The van der Waals surface area contributed by atoms with Gasteiger partial charge in [-0.2, -0.15) is 0 Å².